The summed E-state index contributed by atoms with van der Waals surface area (Å²) in [5.41, 5.74) is 0.745. The number of hydrogen-bond acceptors (Lipinski definition) is 8. The molecule has 0 bridgehead atoms. The van der Waals surface area contributed by atoms with Crippen LogP contribution in [0.1, 0.15) is 48.0 Å². The highest BCUT2D eigenvalue weighted by atomic mass is 35.5. The van der Waals surface area contributed by atoms with Crippen LogP contribution in [0.5, 0.6) is 0 Å². The van der Waals surface area contributed by atoms with Gasteiger partial charge in [-0.2, -0.15) is 0 Å². The number of likely N-dealkylation sites (tertiary alicyclic amines) is 2. The number of anilines is 1. The number of rotatable bonds is 11. The summed E-state index contributed by atoms with van der Waals surface area (Å²) in [6.07, 6.45) is 2.71. The van der Waals surface area contributed by atoms with Crippen LogP contribution >= 0.6 is 22.9 Å². The van der Waals surface area contributed by atoms with E-state index < -0.39 is 17.7 Å². The Hall–Kier alpha value is -3.13. The summed E-state index contributed by atoms with van der Waals surface area (Å²) in [7, 11) is 3.34. The van der Waals surface area contributed by atoms with E-state index in [9.17, 15) is 19.5 Å². The van der Waals surface area contributed by atoms with Crippen molar-refractivity contribution in [3.63, 3.8) is 0 Å². The molecular weight excluding hydrogens is 661 g/mol. The van der Waals surface area contributed by atoms with E-state index in [1.165, 1.54) is 17.4 Å². The first-order chi connectivity index (χ1) is 23.1. The van der Waals surface area contributed by atoms with Crippen LogP contribution in [0.25, 0.3) is 10.1 Å². The minimum absolute atomic E-state index is 0.0438. The molecule has 0 radical (unpaired) electrons. The van der Waals surface area contributed by atoms with Crippen molar-refractivity contribution in [3.8, 4) is 0 Å². The third-order valence-corrected chi connectivity index (χ3v) is 11.4. The van der Waals surface area contributed by atoms with Gasteiger partial charge in [0.05, 0.1) is 59.6 Å². The topological polar surface area (TPSA) is 118 Å². The van der Waals surface area contributed by atoms with Gasteiger partial charge in [-0.3, -0.25) is 19.3 Å². The molecule has 2 aliphatic heterocycles. The molecule has 13 heteroatoms. The van der Waals surface area contributed by atoms with Gasteiger partial charge in [-0.15, -0.1) is 11.3 Å². The molecule has 3 aromatic rings. The Morgan fingerprint density at radius 2 is 1.75 bits per heavy atom. The average molecular weight is 702 g/mol. The third-order valence-electron chi connectivity index (χ3n) is 10.1. The third kappa shape index (κ3) is 7.54. The fraction of sp³-hybridized carbons (Fsp3) is 0.514. The first-order valence-electron chi connectivity index (χ1n) is 16.3. The number of carboxylic acids is 1. The summed E-state index contributed by atoms with van der Waals surface area (Å²) >= 11 is 7.98. The second-order valence-corrected chi connectivity index (χ2v) is 14.3. The number of benzene rings is 2. The standard InChI is InChI=1S/C35H41ClFN3O7S/c1-45-30-16-39(17-31(30)46-2)22-13-23(18-47-24-9-7-20(8-10-24)35(43)44)40(15-22)33(41)12-21-11-27(36)29(14-28(21)37)38-34(42)26-19-48-32-6-4-3-5-25(26)32/h3-6,11,14,19-20,22-24,30-31H,7-10,12-13,15-18H2,1-2H3,(H,38,42)(H,43,44)/t20-,22-,23-,24-,30-,31-/m0/s1. The van der Waals surface area contributed by atoms with Crippen LogP contribution in [-0.2, 0) is 30.2 Å². The van der Waals surface area contributed by atoms with Crippen molar-refractivity contribution in [1.82, 2.24) is 9.80 Å². The highest BCUT2D eigenvalue weighted by Crippen LogP contribution is 2.33. The van der Waals surface area contributed by atoms with Crippen molar-refractivity contribution in [2.75, 3.05) is 45.8 Å². The second kappa shape index (κ2) is 15.2. The van der Waals surface area contributed by atoms with Gasteiger partial charge in [-0.05, 0) is 55.9 Å². The molecule has 0 spiro atoms. The predicted octanol–water partition coefficient (Wildman–Crippen LogP) is 5.46. The molecule has 4 atom stereocenters. The molecule has 258 valence electrons. The predicted molar refractivity (Wildman–Crippen MR) is 181 cm³/mol. The van der Waals surface area contributed by atoms with E-state index in [0.29, 0.717) is 63.9 Å². The molecule has 2 aromatic carbocycles. The van der Waals surface area contributed by atoms with Gasteiger partial charge in [-0.1, -0.05) is 29.8 Å². The summed E-state index contributed by atoms with van der Waals surface area (Å²) < 4.78 is 34.0. The van der Waals surface area contributed by atoms with E-state index >= 15 is 4.39 Å². The number of methoxy groups -OCH3 is 2. The number of fused-ring (bicyclic) bond motifs is 1. The Morgan fingerprint density at radius 1 is 1.04 bits per heavy atom. The number of amides is 2. The maximum Gasteiger partial charge on any atom is 0.306 e. The normalized spacial score (nSPS) is 26.3. The molecule has 2 saturated heterocycles. The lowest BCUT2D eigenvalue weighted by atomic mass is 9.87. The van der Waals surface area contributed by atoms with Crippen molar-refractivity contribution >= 4 is 56.5 Å². The molecule has 3 heterocycles. The van der Waals surface area contributed by atoms with Crippen LogP contribution in [0.4, 0.5) is 10.1 Å². The van der Waals surface area contributed by atoms with Gasteiger partial charge in [0.2, 0.25) is 5.91 Å². The van der Waals surface area contributed by atoms with Crippen molar-refractivity contribution in [2.45, 2.75) is 68.9 Å². The summed E-state index contributed by atoms with van der Waals surface area (Å²) in [4.78, 5) is 42.4. The number of hydrogen-bond donors (Lipinski definition) is 2. The fourth-order valence-electron chi connectivity index (χ4n) is 7.29. The van der Waals surface area contributed by atoms with Gasteiger partial charge in [0.25, 0.3) is 5.91 Å². The van der Waals surface area contributed by atoms with Crippen molar-refractivity contribution in [3.05, 3.63) is 63.7 Å². The number of ether oxygens (including phenoxy) is 3. The van der Waals surface area contributed by atoms with Gasteiger partial charge in [0, 0.05) is 55.4 Å². The van der Waals surface area contributed by atoms with Crippen LogP contribution in [0.15, 0.2) is 41.8 Å². The largest absolute Gasteiger partial charge is 0.481 e. The molecule has 3 aliphatic rings. The Labute approximate surface area is 288 Å². The van der Waals surface area contributed by atoms with Gasteiger partial charge in [-0.25, -0.2) is 4.39 Å². The zero-order chi connectivity index (χ0) is 33.9. The maximum atomic E-state index is 15.5. The van der Waals surface area contributed by atoms with Crippen LogP contribution in [0.3, 0.4) is 0 Å². The molecule has 1 aromatic heterocycles. The number of thiophene rings is 1. The van der Waals surface area contributed by atoms with Gasteiger partial charge in [0.15, 0.2) is 0 Å². The molecule has 2 amide bonds. The molecule has 6 rings (SSSR count). The van der Waals surface area contributed by atoms with Gasteiger partial charge >= 0.3 is 5.97 Å². The van der Waals surface area contributed by atoms with Crippen LogP contribution < -0.4 is 5.32 Å². The summed E-state index contributed by atoms with van der Waals surface area (Å²) in [5, 5.41) is 14.8. The molecular formula is C35H41ClFN3O7S. The molecule has 10 nitrogen and oxygen atoms in total. The lowest BCUT2D eigenvalue weighted by Crippen LogP contribution is -2.41. The lowest BCUT2D eigenvalue weighted by molar-refractivity contribution is -0.144. The molecule has 2 N–H and O–H groups in total. The van der Waals surface area contributed by atoms with Crippen molar-refractivity contribution in [2.24, 2.45) is 5.92 Å². The monoisotopic (exact) mass is 701 g/mol. The van der Waals surface area contributed by atoms with E-state index in [4.69, 9.17) is 25.8 Å². The number of carboxylic acid groups (broad SMARTS) is 1. The quantitative estimate of drug-likeness (QED) is 0.271. The highest BCUT2D eigenvalue weighted by Gasteiger charge is 2.43. The molecule has 0 unspecified atom stereocenters. The molecule has 48 heavy (non-hydrogen) atoms. The first-order valence-corrected chi connectivity index (χ1v) is 17.6. The number of carbonyl (C=O) groups is 3. The SMILES string of the molecule is CO[C@H]1CN([C@H]2C[C@@H](CO[C@H]3CC[C@H](C(=O)O)CC3)N(C(=O)Cc3cc(Cl)c(NC(=O)c4csc5ccccc45)cc3F)C2)C[C@@H]1OC. The first kappa shape index (κ1) is 34.7. The fourth-order valence-corrected chi connectivity index (χ4v) is 8.47. The Bertz CT molecular complexity index is 1640. The van der Waals surface area contributed by atoms with E-state index in [1.807, 2.05) is 24.3 Å². The summed E-state index contributed by atoms with van der Waals surface area (Å²) in [5.74, 6) is -2.39. The lowest BCUT2D eigenvalue weighted by Gasteiger charge is -2.30. The van der Waals surface area contributed by atoms with Gasteiger partial charge < -0.3 is 29.5 Å². The number of carbonyl (C=O) groups excluding carboxylic acids is 2. The molecule has 3 fully saturated rings. The van der Waals surface area contributed by atoms with Gasteiger partial charge in [0.1, 0.15) is 5.82 Å². The Kier molecular flexibility index (Phi) is 11.0. The molecule has 1 saturated carbocycles. The van der Waals surface area contributed by atoms with Crippen LogP contribution in [0.2, 0.25) is 5.02 Å². The number of aliphatic carboxylic acids is 1. The molecule has 1 aliphatic carbocycles. The average Bonchev–Trinajstić information content (AvgIpc) is 3.83. The highest BCUT2D eigenvalue weighted by molar-refractivity contribution is 7.17. The minimum Gasteiger partial charge on any atom is -0.481 e. The summed E-state index contributed by atoms with van der Waals surface area (Å²) in [6, 6.07) is 9.92. The van der Waals surface area contributed by atoms with E-state index in [-0.39, 0.29) is 64.9 Å². The Morgan fingerprint density at radius 3 is 2.44 bits per heavy atom. The van der Waals surface area contributed by atoms with Crippen molar-refractivity contribution < 1.29 is 38.1 Å². The van der Waals surface area contributed by atoms with E-state index in [2.05, 4.69) is 10.2 Å². The van der Waals surface area contributed by atoms with E-state index in [1.54, 1.807) is 24.5 Å². The number of nitrogens with one attached hydrogen (secondary N) is 1. The smallest absolute Gasteiger partial charge is 0.306 e. The number of nitrogens with zero attached hydrogens (tertiary/aromatic N) is 2. The van der Waals surface area contributed by atoms with Crippen molar-refractivity contribution in [1.29, 1.82) is 0 Å². The van der Waals surface area contributed by atoms with E-state index in [0.717, 1.165) is 16.2 Å². The zero-order valence-electron chi connectivity index (χ0n) is 27.0. The van der Waals surface area contributed by atoms with Crippen LogP contribution in [-0.4, -0.2) is 104 Å². The Balaban J connectivity index is 1.14. The zero-order valence-corrected chi connectivity index (χ0v) is 28.6. The summed E-state index contributed by atoms with van der Waals surface area (Å²) in [6.45, 7) is 2.11. The number of halogens is 2. The van der Waals surface area contributed by atoms with Crippen LogP contribution in [0, 0.1) is 11.7 Å². The maximum absolute atomic E-state index is 15.5. The second-order valence-electron chi connectivity index (χ2n) is 12.9. The minimum atomic E-state index is -0.767.